The molecule has 1 aromatic rings. The van der Waals surface area contributed by atoms with E-state index in [0.717, 1.165) is 48.9 Å². The maximum Gasteiger partial charge on any atom is 0.135 e. The van der Waals surface area contributed by atoms with Crippen LogP contribution in [0.5, 0.6) is 0 Å². The maximum absolute atomic E-state index is 5.48. The average Bonchev–Trinajstić information content (AvgIpc) is 2.39. The second-order valence-electron chi connectivity index (χ2n) is 4.50. The highest BCUT2D eigenvalue weighted by Gasteiger charge is 2.18. The molecule has 18 heavy (non-hydrogen) atoms. The molecule has 1 atom stereocenters. The van der Waals surface area contributed by atoms with Gasteiger partial charge >= 0.3 is 0 Å². The number of nitrogens with zero attached hydrogens (tertiary/aromatic N) is 2. The molecule has 0 aliphatic carbocycles. The summed E-state index contributed by atoms with van der Waals surface area (Å²) in [6.07, 6.45) is 1.74. The Morgan fingerprint density at radius 3 is 3.00 bits per heavy atom. The Bertz CT molecular complexity index is 409. The highest BCUT2D eigenvalue weighted by atomic mass is 16.5. The molecule has 2 heterocycles. The second kappa shape index (κ2) is 6.11. The standard InChI is InChI=1S/C13H21N3O2/c1-4-14-13-10-8-18-6-5-11(10)15-12(16-13)7-9(2)17-3/h9H,4-8H2,1-3H3,(H,14,15,16). The molecule has 0 amide bonds. The summed E-state index contributed by atoms with van der Waals surface area (Å²) in [7, 11) is 1.71. The summed E-state index contributed by atoms with van der Waals surface area (Å²) in [5.74, 6) is 1.77. The zero-order chi connectivity index (χ0) is 13.0. The van der Waals surface area contributed by atoms with Crippen molar-refractivity contribution in [1.82, 2.24) is 9.97 Å². The van der Waals surface area contributed by atoms with Crippen LogP contribution in [0.3, 0.4) is 0 Å². The molecule has 0 radical (unpaired) electrons. The molecule has 0 saturated heterocycles. The average molecular weight is 251 g/mol. The van der Waals surface area contributed by atoms with Gasteiger partial charge in [0, 0.05) is 32.1 Å². The van der Waals surface area contributed by atoms with E-state index in [0.29, 0.717) is 6.61 Å². The third-order valence-electron chi connectivity index (χ3n) is 3.09. The first-order valence-corrected chi connectivity index (χ1v) is 6.47. The van der Waals surface area contributed by atoms with E-state index in [2.05, 4.69) is 22.2 Å². The van der Waals surface area contributed by atoms with Crippen LogP contribution in [0.15, 0.2) is 0 Å². The van der Waals surface area contributed by atoms with E-state index in [4.69, 9.17) is 9.47 Å². The molecule has 100 valence electrons. The molecular formula is C13H21N3O2. The topological polar surface area (TPSA) is 56.3 Å². The Labute approximate surface area is 108 Å². The molecule has 1 aromatic heterocycles. The summed E-state index contributed by atoms with van der Waals surface area (Å²) in [6, 6.07) is 0. The van der Waals surface area contributed by atoms with Crippen molar-refractivity contribution >= 4 is 5.82 Å². The zero-order valence-corrected chi connectivity index (χ0v) is 11.3. The summed E-state index contributed by atoms with van der Waals surface area (Å²) in [5.41, 5.74) is 2.22. The predicted octanol–water partition coefficient (Wildman–Crippen LogP) is 1.56. The van der Waals surface area contributed by atoms with Crippen molar-refractivity contribution in [3.8, 4) is 0 Å². The molecule has 1 unspecified atom stereocenters. The molecule has 2 rings (SSSR count). The highest BCUT2D eigenvalue weighted by Crippen LogP contribution is 2.22. The van der Waals surface area contributed by atoms with Crippen molar-refractivity contribution in [2.75, 3.05) is 25.6 Å². The molecule has 0 bridgehead atoms. The Kier molecular flexibility index (Phi) is 4.49. The molecular weight excluding hydrogens is 230 g/mol. The summed E-state index contributed by atoms with van der Waals surface area (Å²) < 4.78 is 10.8. The molecule has 0 spiro atoms. The van der Waals surface area contributed by atoms with E-state index >= 15 is 0 Å². The number of hydrogen-bond acceptors (Lipinski definition) is 5. The van der Waals surface area contributed by atoms with Gasteiger partial charge in [0.05, 0.1) is 25.0 Å². The molecule has 1 aliphatic heterocycles. The van der Waals surface area contributed by atoms with Crippen molar-refractivity contribution < 1.29 is 9.47 Å². The molecule has 1 aliphatic rings. The molecule has 5 nitrogen and oxygen atoms in total. The van der Waals surface area contributed by atoms with Gasteiger partial charge < -0.3 is 14.8 Å². The summed E-state index contributed by atoms with van der Waals surface area (Å²) in [5, 5.41) is 3.30. The fourth-order valence-corrected chi connectivity index (χ4v) is 2.03. The summed E-state index contributed by atoms with van der Waals surface area (Å²) in [4.78, 5) is 9.21. The van der Waals surface area contributed by atoms with Crippen LogP contribution in [0.2, 0.25) is 0 Å². The van der Waals surface area contributed by atoms with Gasteiger partial charge in [-0.3, -0.25) is 0 Å². The van der Waals surface area contributed by atoms with Crippen molar-refractivity contribution in [2.45, 2.75) is 39.4 Å². The number of methoxy groups -OCH3 is 1. The van der Waals surface area contributed by atoms with Gasteiger partial charge in [-0.1, -0.05) is 0 Å². The largest absolute Gasteiger partial charge is 0.381 e. The van der Waals surface area contributed by atoms with Crippen LogP contribution in [0.1, 0.15) is 30.9 Å². The lowest BCUT2D eigenvalue weighted by molar-refractivity contribution is 0.108. The van der Waals surface area contributed by atoms with E-state index in [-0.39, 0.29) is 6.10 Å². The smallest absolute Gasteiger partial charge is 0.135 e. The van der Waals surface area contributed by atoms with E-state index in [1.54, 1.807) is 7.11 Å². The minimum atomic E-state index is 0.136. The first-order chi connectivity index (χ1) is 8.74. The van der Waals surface area contributed by atoms with Gasteiger partial charge in [-0.2, -0.15) is 0 Å². The normalized spacial score (nSPS) is 16.2. The minimum Gasteiger partial charge on any atom is -0.381 e. The molecule has 5 heteroatoms. The number of aromatic nitrogens is 2. The first kappa shape index (κ1) is 13.2. The third-order valence-corrected chi connectivity index (χ3v) is 3.09. The predicted molar refractivity (Wildman–Crippen MR) is 69.7 cm³/mol. The number of fused-ring (bicyclic) bond motifs is 1. The van der Waals surface area contributed by atoms with Gasteiger partial charge in [0.1, 0.15) is 11.6 Å². The fourth-order valence-electron chi connectivity index (χ4n) is 2.03. The lowest BCUT2D eigenvalue weighted by Gasteiger charge is -2.20. The molecule has 1 N–H and O–H groups in total. The number of rotatable bonds is 5. The Morgan fingerprint density at radius 2 is 2.28 bits per heavy atom. The van der Waals surface area contributed by atoms with Crippen LogP contribution in [-0.4, -0.2) is 36.3 Å². The Balaban J connectivity index is 2.28. The van der Waals surface area contributed by atoms with Gasteiger partial charge in [0.15, 0.2) is 0 Å². The minimum absolute atomic E-state index is 0.136. The second-order valence-corrected chi connectivity index (χ2v) is 4.50. The highest BCUT2D eigenvalue weighted by molar-refractivity contribution is 5.47. The monoisotopic (exact) mass is 251 g/mol. The van der Waals surface area contributed by atoms with Crippen molar-refractivity contribution in [3.63, 3.8) is 0 Å². The lowest BCUT2D eigenvalue weighted by atomic mass is 10.1. The Morgan fingerprint density at radius 1 is 1.44 bits per heavy atom. The van der Waals surface area contributed by atoms with Crippen LogP contribution in [0.4, 0.5) is 5.82 Å². The SMILES string of the molecule is CCNc1nc(CC(C)OC)nc2c1COCC2. The van der Waals surface area contributed by atoms with Crippen LogP contribution in [-0.2, 0) is 28.9 Å². The van der Waals surface area contributed by atoms with Crippen LogP contribution in [0.25, 0.3) is 0 Å². The quantitative estimate of drug-likeness (QED) is 0.860. The van der Waals surface area contributed by atoms with Crippen LogP contribution in [0, 0.1) is 0 Å². The van der Waals surface area contributed by atoms with Crippen molar-refractivity contribution in [2.24, 2.45) is 0 Å². The lowest BCUT2D eigenvalue weighted by Crippen LogP contribution is -2.20. The summed E-state index contributed by atoms with van der Waals surface area (Å²) in [6.45, 7) is 6.30. The number of anilines is 1. The molecule has 0 fully saturated rings. The Hall–Kier alpha value is -1.20. The van der Waals surface area contributed by atoms with Gasteiger partial charge in [0.2, 0.25) is 0 Å². The van der Waals surface area contributed by atoms with Crippen LogP contribution < -0.4 is 5.32 Å². The van der Waals surface area contributed by atoms with E-state index in [9.17, 15) is 0 Å². The number of ether oxygens (including phenoxy) is 2. The van der Waals surface area contributed by atoms with E-state index in [1.807, 2.05) is 6.92 Å². The fraction of sp³-hybridized carbons (Fsp3) is 0.692. The van der Waals surface area contributed by atoms with Gasteiger partial charge in [-0.25, -0.2) is 9.97 Å². The van der Waals surface area contributed by atoms with Gasteiger partial charge in [0.25, 0.3) is 0 Å². The molecule has 0 aromatic carbocycles. The van der Waals surface area contributed by atoms with Gasteiger partial charge in [-0.15, -0.1) is 0 Å². The number of hydrogen-bond donors (Lipinski definition) is 1. The first-order valence-electron chi connectivity index (χ1n) is 6.47. The maximum atomic E-state index is 5.48. The zero-order valence-electron chi connectivity index (χ0n) is 11.3. The van der Waals surface area contributed by atoms with Crippen molar-refractivity contribution in [3.05, 3.63) is 17.1 Å². The van der Waals surface area contributed by atoms with E-state index in [1.165, 1.54) is 0 Å². The van der Waals surface area contributed by atoms with Gasteiger partial charge in [-0.05, 0) is 13.8 Å². The van der Waals surface area contributed by atoms with Crippen LogP contribution >= 0.6 is 0 Å². The molecule has 0 saturated carbocycles. The number of nitrogens with one attached hydrogen (secondary N) is 1. The third kappa shape index (κ3) is 2.97. The summed E-state index contributed by atoms with van der Waals surface area (Å²) >= 11 is 0. The van der Waals surface area contributed by atoms with Crippen molar-refractivity contribution in [1.29, 1.82) is 0 Å². The van der Waals surface area contributed by atoms with E-state index < -0.39 is 0 Å².